The minimum absolute atomic E-state index is 0.214. The van der Waals surface area contributed by atoms with Gasteiger partial charge in [0.25, 0.3) is 0 Å². The van der Waals surface area contributed by atoms with Gasteiger partial charge in [-0.2, -0.15) is 0 Å². The van der Waals surface area contributed by atoms with Gasteiger partial charge in [0.05, 0.1) is 6.10 Å². The first-order valence-electron chi connectivity index (χ1n) is 8.21. The highest BCUT2D eigenvalue weighted by atomic mass is 16.5. The highest BCUT2D eigenvalue weighted by Crippen LogP contribution is 2.16. The fourth-order valence-electron chi connectivity index (χ4n) is 2.62. The van der Waals surface area contributed by atoms with Gasteiger partial charge in [-0.3, -0.25) is 4.79 Å². The van der Waals surface area contributed by atoms with E-state index in [0.717, 1.165) is 37.4 Å². The lowest BCUT2D eigenvalue weighted by Gasteiger charge is -2.25. The number of rotatable bonds is 7. The molecule has 1 unspecified atom stereocenters. The molecule has 1 aliphatic heterocycles. The summed E-state index contributed by atoms with van der Waals surface area (Å²) < 4.78 is 5.73. The van der Waals surface area contributed by atoms with Crippen LogP contribution in [0, 0.1) is 0 Å². The maximum absolute atomic E-state index is 12.2. The summed E-state index contributed by atoms with van der Waals surface area (Å²) >= 11 is 0. The van der Waals surface area contributed by atoms with Gasteiger partial charge in [0.2, 0.25) is 0 Å². The second kappa shape index (κ2) is 8.18. The Bertz CT molecular complexity index is 435. The van der Waals surface area contributed by atoms with Crippen molar-refractivity contribution in [2.45, 2.75) is 52.1 Å². The molecule has 0 bridgehead atoms. The summed E-state index contributed by atoms with van der Waals surface area (Å²) in [5, 5.41) is 0. The topological polar surface area (TPSA) is 29.5 Å². The van der Waals surface area contributed by atoms with Crippen LogP contribution in [0.25, 0.3) is 0 Å². The highest BCUT2D eigenvalue weighted by Gasteiger charge is 2.13. The Morgan fingerprint density at radius 2 is 1.86 bits per heavy atom. The smallest absolute Gasteiger partial charge is 0.164 e. The molecule has 1 fully saturated rings. The number of ketones is 1. The predicted molar refractivity (Wildman–Crippen MR) is 86.1 cm³/mol. The number of Topliss-reactive ketones (excluding diaryl/α,β-unsaturated/α-hetero) is 1. The van der Waals surface area contributed by atoms with E-state index in [0.29, 0.717) is 6.42 Å². The largest absolute Gasteiger partial charge is 0.491 e. The van der Waals surface area contributed by atoms with E-state index in [1.807, 2.05) is 24.3 Å². The number of carbonyl (C=O) groups excluding carboxylic acids is 1. The number of piperidine rings is 1. The lowest BCUT2D eigenvalue weighted by molar-refractivity contribution is 0.0958. The molecule has 1 aliphatic rings. The van der Waals surface area contributed by atoms with Crippen LogP contribution < -0.4 is 4.74 Å². The van der Waals surface area contributed by atoms with Gasteiger partial charge in [-0.15, -0.1) is 0 Å². The van der Waals surface area contributed by atoms with Crippen LogP contribution in [0.5, 0.6) is 5.75 Å². The SMILES string of the molecule is CCC(C)Oc1ccc(C(=O)CCN2CCCCC2)cc1. The predicted octanol–water partition coefficient (Wildman–Crippen LogP) is 3.92. The monoisotopic (exact) mass is 289 g/mol. The van der Waals surface area contributed by atoms with E-state index < -0.39 is 0 Å². The third kappa shape index (κ3) is 5.16. The van der Waals surface area contributed by atoms with Gasteiger partial charge in [-0.25, -0.2) is 0 Å². The second-order valence-electron chi connectivity index (χ2n) is 5.94. The van der Waals surface area contributed by atoms with Crippen molar-refractivity contribution < 1.29 is 9.53 Å². The minimum atomic E-state index is 0.214. The average Bonchev–Trinajstić information content (AvgIpc) is 2.54. The van der Waals surface area contributed by atoms with Crippen molar-refractivity contribution in [3.05, 3.63) is 29.8 Å². The second-order valence-corrected chi connectivity index (χ2v) is 5.94. The van der Waals surface area contributed by atoms with Crippen molar-refractivity contribution in [3.63, 3.8) is 0 Å². The normalized spacial score (nSPS) is 17.4. The molecule has 1 heterocycles. The van der Waals surface area contributed by atoms with Crippen LogP contribution in [0.2, 0.25) is 0 Å². The molecular weight excluding hydrogens is 262 g/mol. The third-order valence-electron chi connectivity index (χ3n) is 4.19. The summed E-state index contributed by atoms with van der Waals surface area (Å²) in [5.74, 6) is 1.08. The van der Waals surface area contributed by atoms with E-state index in [2.05, 4.69) is 18.7 Å². The molecule has 1 atom stereocenters. The van der Waals surface area contributed by atoms with Gasteiger partial charge in [-0.1, -0.05) is 13.3 Å². The zero-order chi connectivity index (χ0) is 15.1. The molecular formula is C18H27NO2. The molecule has 0 aliphatic carbocycles. The Labute approximate surface area is 128 Å². The minimum Gasteiger partial charge on any atom is -0.491 e. The lowest BCUT2D eigenvalue weighted by atomic mass is 10.1. The summed E-state index contributed by atoms with van der Waals surface area (Å²) in [6.45, 7) is 7.34. The van der Waals surface area contributed by atoms with Gasteiger partial charge >= 0.3 is 0 Å². The first-order chi connectivity index (χ1) is 10.2. The maximum Gasteiger partial charge on any atom is 0.164 e. The summed E-state index contributed by atoms with van der Waals surface area (Å²) in [6.07, 6.45) is 5.70. The number of ether oxygens (including phenoxy) is 1. The van der Waals surface area contributed by atoms with Crippen molar-refractivity contribution in [2.75, 3.05) is 19.6 Å². The number of hydrogen-bond acceptors (Lipinski definition) is 3. The fraction of sp³-hybridized carbons (Fsp3) is 0.611. The molecule has 0 aromatic heterocycles. The van der Waals surface area contributed by atoms with Crippen molar-refractivity contribution in [3.8, 4) is 5.75 Å². The summed E-state index contributed by atoms with van der Waals surface area (Å²) in [5.41, 5.74) is 0.795. The van der Waals surface area contributed by atoms with Crippen LogP contribution in [-0.4, -0.2) is 36.4 Å². The Morgan fingerprint density at radius 3 is 2.48 bits per heavy atom. The van der Waals surface area contributed by atoms with Crippen molar-refractivity contribution in [1.29, 1.82) is 0 Å². The third-order valence-corrected chi connectivity index (χ3v) is 4.19. The molecule has 0 saturated carbocycles. The van der Waals surface area contributed by atoms with Crippen molar-refractivity contribution in [2.24, 2.45) is 0 Å². The molecule has 0 spiro atoms. The van der Waals surface area contributed by atoms with Crippen LogP contribution in [-0.2, 0) is 0 Å². The van der Waals surface area contributed by atoms with Gasteiger partial charge in [0.15, 0.2) is 5.78 Å². The zero-order valence-corrected chi connectivity index (χ0v) is 13.3. The molecule has 0 amide bonds. The molecule has 1 aromatic rings. The number of hydrogen-bond donors (Lipinski definition) is 0. The van der Waals surface area contributed by atoms with Gasteiger partial charge < -0.3 is 9.64 Å². The van der Waals surface area contributed by atoms with Gasteiger partial charge in [-0.05, 0) is 63.5 Å². The first-order valence-corrected chi connectivity index (χ1v) is 8.21. The molecule has 2 rings (SSSR count). The number of likely N-dealkylation sites (tertiary alicyclic amines) is 1. The van der Waals surface area contributed by atoms with E-state index in [-0.39, 0.29) is 11.9 Å². The number of carbonyl (C=O) groups is 1. The van der Waals surface area contributed by atoms with Gasteiger partial charge in [0.1, 0.15) is 5.75 Å². The van der Waals surface area contributed by atoms with Crippen LogP contribution in [0.3, 0.4) is 0 Å². The van der Waals surface area contributed by atoms with Gasteiger partial charge in [0, 0.05) is 18.5 Å². The highest BCUT2D eigenvalue weighted by molar-refractivity contribution is 5.96. The number of nitrogens with zero attached hydrogens (tertiary/aromatic N) is 1. The fourth-order valence-corrected chi connectivity index (χ4v) is 2.62. The molecule has 21 heavy (non-hydrogen) atoms. The lowest BCUT2D eigenvalue weighted by Crippen LogP contribution is -2.31. The van der Waals surface area contributed by atoms with E-state index in [1.54, 1.807) is 0 Å². The van der Waals surface area contributed by atoms with Crippen molar-refractivity contribution in [1.82, 2.24) is 4.90 Å². The summed E-state index contributed by atoms with van der Waals surface area (Å²) in [6, 6.07) is 7.58. The quantitative estimate of drug-likeness (QED) is 0.712. The Hall–Kier alpha value is -1.35. The standard InChI is InChI=1S/C18H27NO2/c1-3-15(2)21-17-9-7-16(8-10-17)18(20)11-14-19-12-5-4-6-13-19/h7-10,15H,3-6,11-14H2,1-2H3. The van der Waals surface area contributed by atoms with Crippen LogP contribution in [0.15, 0.2) is 24.3 Å². The van der Waals surface area contributed by atoms with Crippen LogP contribution in [0.1, 0.15) is 56.3 Å². The maximum atomic E-state index is 12.2. The molecule has 1 saturated heterocycles. The van der Waals surface area contributed by atoms with Crippen LogP contribution >= 0.6 is 0 Å². The Kier molecular flexibility index (Phi) is 6.24. The zero-order valence-electron chi connectivity index (χ0n) is 13.3. The molecule has 116 valence electrons. The van der Waals surface area contributed by atoms with E-state index >= 15 is 0 Å². The Balaban J connectivity index is 1.81. The molecule has 1 aromatic carbocycles. The molecule has 3 heteroatoms. The van der Waals surface area contributed by atoms with E-state index in [4.69, 9.17) is 4.74 Å². The molecule has 3 nitrogen and oxygen atoms in total. The molecule has 0 radical (unpaired) electrons. The van der Waals surface area contributed by atoms with Crippen molar-refractivity contribution >= 4 is 5.78 Å². The summed E-state index contributed by atoms with van der Waals surface area (Å²) in [4.78, 5) is 14.6. The number of benzene rings is 1. The van der Waals surface area contributed by atoms with E-state index in [1.165, 1.54) is 19.3 Å². The molecule has 0 N–H and O–H groups in total. The average molecular weight is 289 g/mol. The summed E-state index contributed by atoms with van der Waals surface area (Å²) in [7, 11) is 0. The first kappa shape index (κ1) is 16.0. The van der Waals surface area contributed by atoms with E-state index in [9.17, 15) is 4.79 Å². The van der Waals surface area contributed by atoms with Crippen LogP contribution in [0.4, 0.5) is 0 Å². The Morgan fingerprint density at radius 1 is 1.19 bits per heavy atom.